The molecule has 1 aromatic carbocycles. The highest BCUT2D eigenvalue weighted by Gasteiger charge is 2.34. The van der Waals surface area contributed by atoms with Crippen LogP contribution in [0.2, 0.25) is 0 Å². The molecule has 0 saturated carbocycles. The maximum Gasteiger partial charge on any atom is 0.338 e. The summed E-state index contributed by atoms with van der Waals surface area (Å²) in [5.74, 6) is -0.489. The molecule has 1 saturated heterocycles. The molecule has 1 heterocycles. The van der Waals surface area contributed by atoms with Gasteiger partial charge in [-0.2, -0.15) is 4.31 Å². The third-order valence-corrected chi connectivity index (χ3v) is 6.64. The lowest BCUT2D eigenvalue weighted by atomic mass is 10.2. The number of likely N-dealkylation sites (N-methyl/N-ethyl adjacent to an activating group) is 1. The fourth-order valence-corrected chi connectivity index (χ4v) is 4.53. The molecule has 1 aliphatic heterocycles. The first kappa shape index (κ1) is 21.3. The van der Waals surface area contributed by atoms with E-state index in [0.717, 1.165) is 4.90 Å². The Morgan fingerprint density at radius 2 is 1.78 bits per heavy atom. The van der Waals surface area contributed by atoms with Gasteiger partial charge in [0, 0.05) is 6.54 Å². The molecule has 0 bridgehead atoms. The Balaban J connectivity index is 2.02. The SMILES string of the molecule is CCNC(=O)[C@H](C)[NH+]1CCN(S(=O)(=O)c2ccc(C(=O)OCC)cc2)CC1. The summed E-state index contributed by atoms with van der Waals surface area (Å²) in [7, 11) is -3.63. The summed E-state index contributed by atoms with van der Waals surface area (Å²) in [6.07, 6.45) is 0. The van der Waals surface area contributed by atoms with Crippen molar-refractivity contribution in [3.8, 4) is 0 Å². The number of benzene rings is 1. The number of piperazine rings is 1. The monoisotopic (exact) mass is 398 g/mol. The fourth-order valence-electron chi connectivity index (χ4n) is 3.09. The molecule has 0 spiro atoms. The average Bonchev–Trinajstić information content (AvgIpc) is 2.68. The number of hydrogen-bond acceptors (Lipinski definition) is 5. The van der Waals surface area contributed by atoms with Crippen molar-refractivity contribution in [3.63, 3.8) is 0 Å². The summed E-state index contributed by atoms with van der Waals surface area (Å²) in [6, 6.07) is 5.57. The summed E-state index contributed by atoms with van der Waals surface area (Å²) in [6.45, 7) is 8.12. The second-order valence-corrected chi connectivity index (χ2v) is 8.36. The zero-order valence-corrected chi connectivity index (χ0v) is 16.8. The van der Waals surface area contributed by atoms with Gasteiger partial charge in [-0.1, -0.05) is 0 Å². The highest BCUT2D eigenvalue weighted by molar-refractivity contribution is 7.89. The molecule has 2 N–H and O–H groups in total. The number of hydrogen-bond donors (Lipinski definition) is 2. The van der Waals surface area contributed by atoms with Crippen LogP contribution in [0.1, 0.15) is 31.1 Å². The number of nitrogens with zero attached hydrogens (tertiary/aromatic N) is 1. The normalized spacial score (nSPS) is 17.3. The van der Waals surface area contributed by atoms with Crippen LogP contribution in [0.15, 0.2) is 29.2 Å². The molecule has 0 radical (unpaired) electrons. The van der Waals surface area contributed by atoms with E-state index in [4.69, 9.17) is 4.74 Å². The van der Waals surface area contributed by atoms with E-state index in [1.165, 1.54) is 28.6 Å². The molecule has 2 rings (SSSR count). The van der Waals surface area contributed by atoms with Crippen molar-refractivity contribution in [1.82, 2.24) is 9.62 Å². The molecule has 27 heavy (non-hydrogen) atoms. The van der Waals surface area contributed by atoms with Gasteiger partial charge in [0.1, 0.15) is 0 Å². The van der Waals surface area contributed by atoms with Crippen LogP contribution in [0.4, 0.5) is 0 Å². The van der Waals surface area contributed by atoms with Crippen LogP contribution >= 0.6 is 0 Å². The summed E-state index contributed by atoms with van der Waals surface area (Å²) >= 11 is 0. The minimum absolute atomic E-state index is 0.0154. The van der Waals surface area contributed by atoms with E-state index in [0.29, 0.717) is 38.3 Å². The van der Waals surface area contributed by atoms with Crippen LogP contribution in [0, 0.1) is 0 Å². The lowest BCUT2D eigenvalue weighted by Crippen LogP contribution is -3.19. The van der Waals surface area contributed by atoms with Gasteiger partial charge in [0.15, 0.2) is 6.04 Å². The van der Waals surface area contributed by atoms with Crippen molar-refractivity contribution in [2.75, 3.05) is 39.3 Å². The first-order valence-electron chi connectivity index (χ1n) is 9.20. The quantitative estimate of drug-likeness (QED) is 0.591. The van der Waals surface area contributed by atoms with Gasteiger partial charge in [0.05, 0.1) is 43.2 Å². The fraction of sp³-hybridized carbons (Fsp3) is 0.556. The summed E-state index contributed by atoms with van der Waals surface area (Å²) in [5, 5.41) is 2.80. The van der Waals surface area contributed by atoms with Crippen LogP contribution in [-0.4, -0.2) is 70.0 Å². The second kappa shape index (κ2) is 9.29. The number of nitrogens with one attached hydrogen (secondary N) is 2. The van der Waals surface area contributed by atoms with E-state index in [1.54, 1.807) is 6.92 Å². The van der Waals surface area contributed by atoms with Gasteiger partial charge in [0.25, 0.3) is 5.91 Å². The highest BCUT2D eigenvalue weighted by Crippen LogP contribution is 2.17. The Bertz CT molecular complexity index is 756. The average molecular weight is 399 g/mol. The second-order valence-electron chi connectivity index (χ2n) is 6.42. The molecule has 1 aliphatic rings. The van der Waals surface area contributed by atoms with Crippen molar-refractivity contribution in [2.24, 2.45) is 0 Å². The Hall–Kier alpha value is -1.97. The Morgan fingerprint density at radius 3 is 2.30 bits per heavy atom. The molecule has 0 aliphatic carbocycles. The lowest BCUT2D eigenvalue weighted by molar-refractivity contribution is -0.917. The van der Waals surface area contributed by atoms with Gasteiger partial charge in [-0.3, -0.25) is 4.79 Å². The zero-order valence-electron chi connectivity index (χ0n) is 16.0. The predicted molar refractivity (Wildman–Crippen MR) is 100.0 cm³/mol. The van der Waals surface area contributed by atoms with Crippen molar-refractivity contribution in [3.05, 3.63) is 29.8 Å². The van der Waals surface area contributed by atoms with E-state index < -0.39 is 16.0 Å². The van der Waals surface area contributed by atoms with Crippen LogP contribution in [0.3, 0.4) is 0 Å². The van der Waals surface area contributed by atoms with Gasteiger partial charge in [0.2, 0.25) is 10.0 Å². The standard InChI is InChI=1S/C18H27N3O5S/c1-4-19-17(22)14(3)20-10-12-21(13-11-20)27(24,25)16-8-6-15(7-9-16)18(23)26-5-2/h6-9,14H,4-5,10-13H2,1-3H3,(H,19,22)/p+1/t14-/m0/s1. The van der Waals surface area contributed by atoms with Crippen molar-refractivity contribution >= 4 is 21.9 Å². The van der Waals surface area contributed by atoms with Gasteiger partial charge in [-0.25, -0.2) is 13.2 Å². The molecule has 150 valence electrons. The van der Waals surface area contributed by atoms with E-state index in [9.17, 15) is 18.0 Å². The number of rotatable bonds is 7. The predicted octanol–water partition coefficient (Wildman–Crippen LogP) is -0.723. The van der Waals surface area contributed by atoms with Gasteiger partial charge in [-0.05, 0) is 45.0 Å². The van der Waals surface area contributed by atoms with Crippen molar-refractivity contribution in [2.45, 2.75) is 31.7 Å². The molecule has 1 amide bonds. The summed E-state index contributed by atoms with van der Waals surface area (Å²) < 4.78 is 32.0. The summed E-state index contributed by atoms with van der Waals surface area (Å²) in [4.78, 5) is 24.9. The Morgan fingerprint density at radius 1 is 1.19 bits per heavy atom. The van der Waals surface area contributed by atoms with Crippen LogP contribution in [0.5, 0.6) is 0 Å². The number of carbonyl (C=O) groups excluding carboxylic acids is 2. The number of esters is 1. The lowest BCUT2D eigenvalue weighted by Gasteiger charge is -2.34. The smallest absolute Gasteiger partial charge is 0.338 e. The molecular formula is C18H28N3O5S+. The number of quaternary nitrogens is 1. The van der Waals surface area contributed by atoms with Gasteiger partial charge >= 0.3 is 5.97 Å². The van der Waals surface area contributed by atoms with Gasteiger partial charge in [-0.15, -0.1) is 0 Å². The Kier molecular flexibility index (Phi) is 7.34. The molecule has 1 aromatic rings. The number of amides is 1. The topological polar surface area (TPSA) is 97.2 Å². The number of carbonyl (C=O) groups is 2. The maximum absolute atomic E-state index is 12.8. The van der Waals surface area contributed by atoms with Crippen LogP contribution < -0.4 is 10.2 Å². The van der Waals surface area contributed by atoms with Crippen LogP contribution in [0.25, 0.3) is 0 Å². The molecule has 0 aromatic heterocycles. The first-order chi connectivity index (χ1) is 12.8. The van der Waals surface area contributed by atoms with E-state index in [2.05, 4.69) is 5.32 Å². The highest BCUT2D eigenvalue weighted by atomic mass is 32.2. The van der Waals surface area contributed by atoms with E-state index in [1.807, 2.05) is 13.8 Å². The van der Waals surface area contributed by atoms with E-state index in [-0.39, 0.29) is 23.5 Å². The number of sulfonamides is 1. The molecule has 8 nitrogen and oxygen atoms in total. The molecule has 0 unspecified atom stereocenters. The zero-order chi connectivity index (χ0) is 20.0. The first-order valence-corrected chi connectivity index (χ1v) is 10.6. The van der Waals surface area contributed by atoms with Crippen LogP contribution in [-0.2, 0) is 19.6 Å². The third kappa shape index (κ3) is 5.06. The molecule has 9 heteroatoms. The minimum atomic E-state index is -3.63. The Labute approximate surface area is 160 Å². The van der Waals surface area contributed by atoms with E-state index >= 15 is 0 Å². The largest absolute Gasteiger partial charge is 0.462 e. The van der Waals surface area contributed by atoms with Gasteiger partial charge < -0.3 is 15.0 Å². The molecular weight excluding hydrogens is 370 g/mol. The molecule has 1 atom stereocenters. The summed E-state index contributed by atoms with van der Waals surface area (Å²) in [5.41, 5.74) is 0.320. The van der Waals surface area contributed by atoms with Crippen molar-refractivity contribution < 1.29 is 27.6 Å². The minimum Gasteiger partial charge on any atom is -0.462 e. The number of ether oxygens (including phenoxy) is 1. The molecule has 1 fully saturated rings. The third-order valence-electron chi connectivity index (χ3n) is 4.72. The van der Waals surface area contributed by atoms with Crippen molar-refractivity contribution in [1.29, 1.82) is 0 Å². The maximum atomic E-state index is 12.8.